The second-order valence-electron chi connectivity index (χ2n) is 9.46. The normalized spacial score (nSPS) is 11.8. The zero-order valence-corrected chi connectivity index (χ0v) is 20.0. The van der Waals surface area contributed by atoms with Crippen molar-refractivity contribution in [1.82, 2.24) is 14.5 Å². The van der Waals surface area contributed by atoms with E-state index in [0.29, 0.717) is 0 Å². The zero-order valence-electron chi connectivity index (χ0n) is 20.0. The summed E-state index contributed by atoms with van der Waals surface area (Å²) in [6.07, 6.45) is 1.90. The van der Waals surface area contributed by atoms with Gasteiger partial charge in [-0.3, -0.25) is 4.98 Å². The van der Waals surface area contributed by atoms with Gasteiger partial charge in [-0.1, -0.05) is 97.1 Å². The van der Waals surface area contributed by atoms with Gasteiger partial charge >= 0.3 is 0 Å². The van der Waals surface area contributed by atoms with Crippen LogP contribution in [0.5, 0.6) is 0 Å². The molecule has 0 aliphatic carbocycles. The molecule has 0 fully saturated rings. The number of nitrogens with zero attached hydrogens (tertiary/aromatic N) is 3. The number of fused-ring (bicyclic) bond motifs is 9. The third-order valence-electron chi connectivity index (χ3n) is 7.43. The van der Waals surface area contributed by atoms with E-state index in [9.17, 15) is 0 Å². The van der Waals surface area contributed by atoms with Crippen molar-refractivity contribution in [2.24, 2.45) is 0 Å². The van der Waals surface area contributed by atoms with Crippen molar-refractivity contribution < 1.29 is 0 Å². The van der Waals surface area contributed by atoms with Gasteiger partial charge in [-0.2, -0.15) is 0 Å². The Morgan fingerprint density at radius 3 is 1.51 bits per heavy atom. The van der Waals surface area contributed by atoms with Crippen molar-refractivity contribution in [3.8, 4) is 16.9 Å². The molecule has 0 N–H and O–H groups in total. The van der Waals surface area contributed by atoms with Crippen molar-refractivity contribution in [2.45, 2.75) is 0 Å². The van der Waals surface area contributed by atoms with Crippen LogP contribution in [-0.4, -0.2) is 14.5 Å². The lowest BCUT2D eigenvalue weighted by atomic mass is 9.99. The molecule has 3 heteroatoms. The molecule has 0 bridgehead atoms. The molecular formula is C34H21N3. The van der Waals surface area contributed by atoms with E-state index in [4.69, 9.17) is 9.97 Å². The topological polar surface area (TPSA) is 30.7 Å². The van der Waals surface area contributed by atoms with Crippen molar-refractivity contribution in [3.63, 3.8) is 0 Å². The Morgan fingerprint density at radius 2 is 0.919 bits per heavy atom. The fourth-order valence-electron chi connectivity index (χ4n) is 5.74. The van der Waals surface area contributed by atoms with Crippen LogP contribution in [-0.2, 0) is 0 Å². The van der Waals surface area contributed by atoms with Gasteiger partial charge in [-0.05, 0) is 35.0 Å². The van der Waals surface area contributed by atoms with Gasteiger partial charge in [0, 0.05) is 32.8 Å². The highest BCUT2D eigenvalue weighted by Crippen LogP contribution is 2.35. The molecule has 0 saturated heterocycles. The molecular weight excluding hydrogens is 450 g/mol. The van der Waals surface area contributed by atoms with Crippen LogP contribution < -0.4 is 0 Å². The highest BCUT2D eigenvalue weighted by atomic mass is 15.0. The fourth-order valence-corrected chi connectivity index (χ4v) is 5.74. The second-order valence-corrected chi connectivity index (χ2v) is 9.46. The predicted molar refractivity (Wildman–Crippen MR) is 154 cm³/mol. The SMILES string of the molecule is c1ccc2c(c1)c1ccccc1c1nc(-c3ccc(-n4c5ccccc5c5ccccc54)cc3)cnc21. The van der Waals surface area contributed by atoms with Crippen LogP contribution in [0.1, 0.15) is 0 Å². The summed E-state index contributed by atoms with van der Waals surface area (Å²) in [6, 6.07) is 42.8. The Morgan fingerprint density at radius 1 is 0.432 bits per heavy atom. The van der Waals surface area contributed by atoms with Crippen LogP contribution in [0.25, 0.3) is 71.3 Å². The molecule has 0 aliphatic rings. The number of benzene rings is 6. The van der Waals surface area contributed by atoms with E-state index >= 15 is 0 Å². The average molecular weight is 472 g/mol. The highest BCUT2D eigenvalue weighted by Gasteiger charge is 2.14. The van der Waals surface area contributed by atoms with Crippen molar-refractivity contribution in [1.29, 1.82) is 0 Å². The fraction of sp³-hybridized carbons (Fsp3) is 0. The second kappa shape index (κ2) is 7.74. The van der Waals surface area contributed by atoms with E-state index in [1.54, 1.807) is 0 Å². The Hall–Kier alpha value is -5.02. The quantitative estimate of drug-likeness (QED) is 0.236. The Bertz CT molecular complexity index is 2050. The maximum absolute atomic E-state index is 5.15. The summed E-state index contributed by atoms with van der Waals surface area (Å²) in [7, 11) is 0. The molecule has 172 valence electrons. The molecule has 2 aromatic heterocycles. The first-order valence-corrected chi connectivity index (χ1v) is 12.5. The van der Waals surface area contributed by atoms with E-state index in [-0.39, 0.29) is 0 Å². The molecule has 2 heterocycles. The van der Waals surface area contributed by atoms with Gasteiger partial charge in [0.15, 0.2) is 0 Å². The Labute approximate surface area is 213 Å². The summed E-state index contributed by atoms with van der Waals surface area (Å²) in [5.74, 6) is 0. The predicted octanol–water partition coefficient (Wildman–Crippen LogP) is 8.70. The Balaban J connectivity index is 1.31. The molecule has 0 spiro atoms. The van der Waals surface area contributed by atoms with Gasteiger partial charge in [-0.15, -0.1) is 0 Å². The van der Waals surface area contributed by atoms with E-state index in [1.807, 2.05) is 6.20 Å². The third kappa shape index (κ3) is 2.95. The molecule has 0 atom stereocenters. The molecule has 0 aliphatic heterocycles. The lowest BCUT2D eigenvalue weighted by molar-refractivity contribution is 1.18. The molecule has 0 amide bonds. The zero-order chi connectivity index (χ0) is 24.3. The van der Waals surface area contributed by atoms with Crippen molar-refractivity contribution in [2.75, 3.05) is 0 Å². The third-order valence-corrected chi connectivity index (χ3v) is 7.43. The van der Waals surface area contributed by atoms with Gasteiger partial charge in [-0.25, -0.2) is 4.98 Å². The summed E-state index contributed by atoms with van der Waals surface area (Å²) < 4.78 is 2.33. The van der Waals surface area contributed by atoms with Crippen LogP contribution in [0.4, 0.5) is 0 Å². The molecule has 37 heavy (non-hydrogen) atoms. The minimum Gasteiger partial charge on any atom is -0.309 e. The van der Waals surface area contributed by atoms with Crippen LogP contribution in [0.3, 0.4) is 0 Å². The van der Waals surface area contributed by atoms with E-state index in [2.05, 4.69) is 126 Å². The maximum atomic E-state index is 5.15. The van der Waals surface area contributed by atoms with Gasteiger partial charge in [0.05, 0.1) is 34.0 Å². The molecule has 3 nitrogen and oxygen atoms in total. The molecule has 8 aromatic rings. The lowest BCUT2D eigenvalue weighted by Gasteiger charge is -2.11. The Kier molecular flexibility index (Phi) is 4.23. The van der Waals surface area contributed by atoms with Gasteiger partial charge in [0.1, 0.15) is 0 Å². The van der Waals surface area contributed by atoms with E-state index < -0.39 is 0 Å². The van der Waals surface area contributed by atoms with Crippen molar-refractivity contribution in [3.05, 3.63) is 128 Å². The summed E-state index contributed by atoms with van der Waals surface area (Å²) in [6.45, 7) is 0. The number of rotatable bonds is 2. The first-order valence-electron chi connectivity index (χ1n) is 12.5. The van der Waals surface area contributed by atoms with E-state index in [0.717, 1.165) is 38.8 Å². The average Bonchev–Trinajstić information content (AvgIpc) is 3.32. The molecule has 8 rings (SSSR count). The van der Waals surface area contributed by atoms with Crippen LogP contribution in [0.2, 0.25) is 0 Å². The van der Waals surface area contributed by atoms with Crippen LogP contribution in [0, 0.1) is 0 Å². The first kappa shape index (κ1) is 20.2. The highest BCUT2D eigenvalue weighted by molar-refractivity contribution is 6.23. The summed E-state index contributed by atoms with van der Waals surface area (Å²) >= 11 is 0. The lowest BCUT2D eigenvalue weighted by Crippen LogP contribution is -1.95. The first-order chi connectivity index (χ1) is 18.4. The van der Waals surface area contributed by atoms with E-state index in [1.165, 1.54) is 32.6 Å². The molecule has 0 saturated carbocycles. The monoisotopic (exact) mass is 471 g/mol. The largest absolute Gasteiger partial charge is 0.309 e. The molecule has 0 unspecified atom stereocenters. The summed E-state index contributed by atoms with van der Waals surface area (Å²) in [5.41, 5.74) is 7.36. The smallest absolute Gasteiger partial charge is 0.0979 e. The molecule has 6 aromatic carbocycles. The van der Waals surface area contributed by atoms with Gasteiger partial charge in [0.25, 0.3) is 0 Å². The molecule has 0 radical (unpaired) electrons. The minimum atomic E-state index is 0.877. The standard InChI is InChI=1S/C34H21N3/c1-3-13-28-24(9-1)25-10-2-4-14-29(25)34-33(28)35-21-30(36-34)22-17-19-23(20-18-22)37-31-15-7-5-11-26(31)27-12-6-8-16-32(27)37/h1-21H. The van der Waals surface area contributed by atoms with Crippen molar-refractivity contribution >= 4 is 54.4 Å². The summed E-state index contributed by atoms with van der Waals surface area (Å²) in [4.78, 5) is 10.1. The summed E-state index contributed by atoms with van der Waals surface area (Å²) in [5, 5.41) is 7.22. The number of hydrogen-bond acceptors (Lipinski definition) is 2. The maximum Gasteiger partial charge on any atom is 0.0979 e. The van der Waals surface area contributed by atoms with Crippen LogP contribution >= 0.6 is 0 Å². The minimum absolute atomic E-state index is 0.877. The van der Waals surface area contributed by atoms with Crippen LogP contribution in [0.15, 0.2) is 128 Å². The van der Waals surface area contributed by atoms with Gasteiger partial charge < -0.3 is 4.57 Å². The van der Waals surface area contributed by atoms with Gasteiger partial charge in [0.2, 0.25) is 0 Å². The number of para-hydroxylation sites is 2. The number of hydrogen-bond donors (Lipinski definition) is 0. The number of aromatic nitrogens is 3.